The standard InChI is InChI=1S/C14H18N2OS/c1-10(9-15-13-7-5-4-6-8-13)18-14-16-11(2)12(3)17-14/h4-8,10,15H,9H2,1-3H3. The summed E-state index contributed by atoms with van der Waals surface area (Å²) in [5, 5.41) is 4.56. The Morgan fingerprint density at radius 2 is 2.00 bits per heavy atom. The first-order chi connectivity index (χ1) is 8.65. The van der Waals surface area contributed by atoms with E-state index in [-0.39, 0.29) is 0 Å². The molecule has 1 unspecified atom stereocenters. The van der Waals surface area contributed by atoms with E-state index in [1.54, 1.807) is 11.8 Å². The topological polar surface area (TPSA) is 38.1 Å². The van der Waals surface area contributed by atoms with Crippen LogP contribution in [-0.2, 0) is 0 Å². The minimum absolute atomic E-state index is 0.405. The zero-order valence-electron chi connectivity index (χ0n) is 10.9. The molecule has 1 aromatic carbocycles. The van der Waals surface area contributed by atoms with Crippen LogP contribution in [0.25, 0.3) is 0 Å². The molecule has 18 heavy (non-hydrogen) atoms. The summed E-state index contributed by atoms with van der Waals surface area (Å²) < 4.78 is 5.56. The number of para-hydroxylation sites is 1. The maximum Gasteiger partial charge on any atom is 0.256 e. The lowest BCUT2D eigenvalue weighted by Gasteiger charge is -2.11. The normalized spacial score (nSPS) is 12.4. The number of benzene rings is 1. The van der Waals surface area contributed by atoms with E-state index in [0.717, 1.165) is 28.9 Å². The number of oxazole rings is 1. The van der Waals surface area contributed by atoms with Gasteiger partial charge in [0, 0.05) is 17.5 Å². The van der Waals surface area contributed by atoms with Crippen molar-refractivity contribution >= 4 is 17.4 Å². The molecule has 0 bridgehead atoms. The zero-order chi connectivity index (χ0) is 13.0. The molecule has 0 aliphatic heterocycles. The Morgan fingerprint density at radius 3 is 2.61 bits per heavy atom. The summed E-state index contributed by atoms with van der Waals surface area (Å²) >= 11 is 1.66. The van der Waals surface area contributed by atoms with Crippen LogP contribution in [0.3, 0.4) is 0 Å². The lowest BCUT2D eigenvalue weighted by molar-refractivity contribution is 0.430. The molecule has 0 saturated heterocycles. The highest BCUT2D eigenvalue weighted by atomic mass is 32.2. The quantitative estimate of drug-likeness (QED) is 0.830. The summed E-state index contributed by atoms with van der Waals surface area (Å²) in [4.78, 5) is 4.37. The van der Waals surface area contributed by atoms with Crippen LogP contribution in [0.5, 0.6) is 0 Å². The van der Waals surface area contributed by atoms with Crippen LogP contribution in [0, 0.1) is 13.8 Å². The molecule has 1 heterocycles. The molecule has 0 spiro atoms. The highest BCUT2D eigenvalue weighted by molar-refractivity contribution is 7.99. The molecule has 1 aromatic heterocycles. The predicted octanol–water partition coefficient (Wildman–Crippen LogP) is 3.88. The number of rotatable bonds is 5. The number of thioether (sulfide) groups is 1. The molecule has 0 fully saturated rings. The van der Waals surface area contributed by atoms with Crippen molar-refractivity contribution in [2.24, 2.45) is 0 Å². The number of hydrogen-bond donors (Lipinski definition) is 1. The van der Waals surface area contributed by atoms with E-state index in [9.17, 15) is 0 Å². The Balaban J connectivity index is 1.84. The first-order valence-electron chi connectivity index (χ1n) is 6.05. The van der Waals surface area contributed by atoms with Crippen LogP contribution in [0.4, 0.5) is 5.69 Å². The Bertz CT molecular complexity index is 476. The molecule has 2 aromatic rings. The summed E-state index contributed by atoms with van der Waals surface area (Å²) in [6, 6.07) is 10.2. The van der Waals surface area contributed by atoms with Gasteiger partial charge in [0.05, 0.1) is 5.69 Å². The Labute approximate surface area is 112 Å². The molecule has 0 aliphatic rings. The molecule has 96 valence electrons. The predicted molar refractivity (Wildman–Crippen MR) is 76.2 cm³/mol. The van der Waals surface area contributed by atoms with E-state index in [0.29, 0.717) is 5.25 Å². The first kappa shape index (κ1) is 13.0. The summed E-state index contributed by atoms with van der Waals surface area (Å²) in [5.41, 5.74) is 2.12. The second-order valence-electron chi connectivity index (χ2n) is 4.30. The van der Waals surface area contributed by atoms with E-state index in [1.807, 2.05) is 32.0 Å². The Hall–Kier alpha value is -1.42. The van der Waals surface area contributed by atoms with E-state index < -0.39 is 0 Å². The van der Waals surface area contributed by atoms with Crippen molar-refractivity contribution in [2.45, 2.75) is 31.2 Å². The highest BCUT2D eigenvalue weighted by Crippen LogP contribution is 2.24. The van der Waals surface area contributed by atoms with Gasteiger partial charge in [0.1, 0.15) is 5.76 Å². The second kappa shape index (κ2) is 5.96. The first-order valence-corrected chi connectivity index (χ1v) is 6.92. The molecule has 0 amide bonds. The van der Waals surface area contributed by atoms with Gasteiger partial charge in [-0.1, -0.05) is 36.9 Å². The lowest BCUT2D eigenvalue weighted by Crippen LogP contribution is -2.12. The molecule has 1 N–H and O–H groups in total. The smallest absolute Gasteiger partial charge is 0.256 e. The van der Waals surface area contributed by atoms with Gasteiger partial charge in [-0.05, 0) is 26.0 Å². The zero-order valence-corrected chi connectivity index (χ0v) is 11.8. The van der Waals surface area contributed by atoms with Gasteiger partial charge in [-0.25, -0.2) is 4.98 Å². The van der Waals surface area contributed by atoms with Gasteiger partial charge in [0.25, 0.3) is 5.22 Å². The monoisotopic (exact) mass is 262 g/mol. The molecule has 0 radical (unpaired) electrons. The third-order valence-electron chi connectivity index (χ3n) is 2.68. The minimum atomic E-state index is 0.405. The number of anilines is 1. The SMILES string of the molecule is Cc1nc(SC(C)CNc2ccccc2)oc1C. The number of nitrogens with one attached hydrogen (secondary N) is 1. The van der Waals surface area contributed by atoms with Gasteiger partial charge in [-0.3, -0.25) is 0 Å². The van der Waals surface area contributed by atoms with Crippen molar-refractivity contribution in [1.29, 1.82) is 0 Å². The summed E-state index contributed by atoms with van der Waals surface area (Å²) in [6.07, 6.45) is 0. The van der Waals surface area contributed by atoms with Gasteiger partial charge in [-0.2, -0.15) is 0 Å². The maximum atomic E-state index is 5.56. The van der Waals surface area contributed by atoms with Crippen molar-refractivity contribution in [2.75, 3.05) is 11.9 Å². The number of hydrogen-bond acceptors (Lipinski definition) is 4. The lowest BCUT2D eigenvalue weighted by atomic mass is 10.3. The fourth-order valence-electron chi connectivity index (χ4n) is 1.53. The summed E-state index contributed by atoms with van der Waals surface area (Å²) in [5.74, 6) is 0.903. The van der Waals surface area contributed by atoms with Crippen molar-refractivity contribution in [1.82, 2.24) is 4.98 Å². The van der Waals surface area contributed by atoms with Gasteiger partial charge in [0.2, 0.25) is 0 Å². The maximum absolute atomic E-state index is 5.56. The summed E-state index contributed by atoms with van der Waals surface area (Å²) in [6.45, 7) is 6.96. The number of nitrogens with zero attached hydrogens (tertiary/aromatic N) is 1. The van der Waals surface area contributed by atoms with Crippen LogP contribution < -0.4 is 5.32 Å². The van der Waals surface area contributed by atoms with Gasteiger partial charge < -0.3 is 9.73 Å². The van der Waals surface area contributed by atoms with E-state index in [4.69, 9.17) is 4.42 Å². The fraction of sp³-hybridized carbons (Fsp3) is 0.357. The molecular formula is C14H18N2OS. The molecule has 1 atom stereocenters. The molecule has 0 saturated carbocycles. The van der Waals surface area contributed by atoms with Crippen LogP contribution in [-0.4, -0.2) is 16.8 Å². The fourth-order valence-corrected chi connectivity index (χ4v) is 2.40. The van der Waals surface area contributed by atoms with Gasteiger partial charge >= 0.3 is 0 Å². The van der Waals surface area contributed by atoms with E-state index in [1.165, 1.54) is 0 Å². The van der Waals surface area contributed by atoms with Gasteiger partial charge in [0.15, 0.2) is 0 Å². The average molecular weight is 262 g/mol. The van der Waals surface area contributed by atoms with Crippen molar-refractivity contribution in [3.05, 3.63) is 41.8 Å². The molecule has 4 heteroatoms. The number of aryl methyl sites for hydroxylation is 2. The molecule has 2 rings (SSSR count). The van der Waals surface area contributed by atoms with Crippen LogP contribution in [0.2, 0.25) is 0 Å². The van der Waals surface area contributed by atoms with Crippen molar-refractivity contribution in [3.63, 3.8) is 0 Å². The highest BCUT2D eigenvalue weighted by Gasteiger charge is 2.11. The van der Waals surface area contributed by atoms with Crippen molar-refractivity contribution in [3.8, 4) is 0 Å². The van der Waals surface area contributed by atoms with Crippen LogP contribution >= 0.6 is 11.8 Å². The summed E-state index contributed by atoms with van der Waals surface area (Å²) in [7, 11) is 0. The second-order valence-corrected chi connectivity index (χ2v) is 5.69. The molecule has 3 nitrogen and oxygen atoms in total. The number of aromatic nitrogens is 1. The van der Waals surface area contributed by atoms with E-state index in [2.05, 4.69) is 29.4 Å². The largest absolute Gasteiger partial charge is 0.437 e. The van der Waals surface area contributed by atoms with Crippen molar-refractivity contribution < 1.29 is 4.42 Å². The molecular weight excluding hydrogens is 244 g/mol. The third-order valence-corrected chi connectivity index (χ3v) is 3.62. The van der Waals surface area contributed by atoms with Crippen LogP contribution in [0.1, 0.15) is 18.4 Å². The third kappa shape index (κ3) is 3.53. The average Bonchev–Trinajstić information content (AvgIpc) is 2.67. The van der Waals surface area contributed by atoms with Crippen LogP contribution in [0.15, 0.2) is 40.0 Å². The minimum Gasteiger partial charge on any atom is -0.437 e. The van der Waals surface area contributed by atoms with E-state index >= 15 is 0 Å². The molecule has 0 aliphatic carbocycles. The van der Waals surface area contributed by atoms with Gasteiger partial charge in [-0.15, -0.1) is 0 Å². The Morgan fingerprint density at radius 1 is 1.28 bits per heavy atom. The Kier molecular flexibility index (Phi) is 4.31.